The number of carbonyl (C=O) groups is 1. The SMILES string of the molecule is COc1cc(CCC(=O)NCCO[C@@H]2O[C@H](CO)[C@H](O)[C@H](O)[C@H]2O)cc(OC)c1OC. The van der Waals surface area contributed by atoms with Crippen molar-refractivity contribution in [3.05, 3.63) is 17.7 Å². The fourth-order valence-corrected chi connectivity index (χ4v) is 3.20. The number of benzene rings is 1. The standard InChI is InChI=1S/C20H31NO10/c1-27-12-8-11(9-13(28-2)19(12)29-3)4-5-15(23)21-6-7-30-20-18(26)17(25)16(24)14(10-22)31-20/h8-9,14,16-18,20,22,24-26H,4-7,10H2,1-3H3,(H,21,23)/t14-,16+,17+,18-,20-/m1/s1. The van der Waals surface area contributed by atoms with Crippen LogP contribution in [0.25, 0.3) is 0 Å². The smallest absolute Gasteiger partial charge is 0.220 e. The van der Waals surface area contributed by atoms with E-state index < -0.39 is 37.3 Å². The van der Waals surface area contributed by atoms with Gasteiger partial charge in [0.05, 0.1) is 34.5 Å². The van der Waals surface area contributed by atoms with Crippen molar-refractivity contribution in [3.63, 3.8) is 0 Å². The second-order valence-electron chi connectivity index (χ2n) is 6.95. The van der Waals surface area contributed by atoms with E-state index in [1.807, 2.05) is 0 Å². The van der Waals surface area contributed by atoms with Crippen molar-refractivity contribution >= 4 is 5.91 Å². The van der Waals surface area contributed by atoms with Crippen LogP contribution >= 0.6 is 0 Å². The van der Waals surface area contributed by atoms with Crippen LogP contribution in [0.5, 0.6) is 17.2 Å². The molecule has 1 aromatic rings. The molecule has 0 spiro atoms. The maximum atomic E-state index is 12.1. The quantitative estimate of drug-likeness (QED) is 0.256. The minimum atomic E-state index is -1.51. The van der Waals surface area contributed by atoms with E-state index in [0.29, 0.717) is 23.7 Å². The van der Waals surface area contributed by atoms with Gasteiger partial charge in [-0.3, -0.25) is 4.79 Å². The first-order valence-electron chi connectivity index (χ1n) is 9.83. The molecule has 1 heterocycles. The Balaban J connectivity index is 1.78. The van der Waals surface area contributed by atoms with Gasteiger partial charge in [-0.15, -0.1) is 0 Å². The van der Waals surface area contributed by atoms with Crippen LogP contribution in [0.15, 0.2) is 12.1 Å². The predicted molar refractivity (Wildman–Crippen MR) is 107 cm³/mol. The van der Waals surface area contributed by atoms with Crippen molar-refractivity contribution in [1.29, 1.82) is 0 Å². The van der Waals surface area contributed by atoms with Gasteiger partial charge in [0.1, 0.15) is 24.4 Å². The largest absolute Gasteiger partial charge is 0.493 e. The molecule has 1 aliphatic rings. The third kappa shape index (κ3) is 6.42. The molecule has 0 aromatic heterocycles. The van der Waals surface area contributed by atoms with Crippen LogP contribution in [0, 0.1) is 0 Å². The molecular formula is C20H31NO10. The lowest BCUT2D eigenvalue weighted by Gasteiger charge is -2.39. The molecule has 11 heteroatoms. The van der Waals surface area contributed by atoms with E-state index in [1.165, 1.54) is 21.3 Å². The second-order valence-corrected chi connectivity index (χ2v) is 6.95. The van der Waals surface area contributed by atoms with Gasteiger partial charge >= 0.3 is 0 Å². The molecule has 1 fully saturated rings. The number of nitrogens with one attached hydrogen (secondary N) is 1. The van der Waals surface area contributed by atoms with Crippen LogP contribution in [0.1, 0.15) is 12.0 Å². The van der Waals surface area contributed by atoms with E-state index in [-0.39, 0.29) is 25.5 Å². The molecule has 2 rings (SSSR count). The van der Waals surface area contributed by atoms with E-state index in [9.17, 15) is 20.1 Å². The van der Waals surface area contributed by atoms with Crippen LogP contribution in [0.3, 0.4) is 0 Å². The average Bonchev–Trinajstić information content (AvgIpc) is 2.79. The summed E-state index contributed by atoms with van der Waals surface area (Å²) < 4.78 is 26.4. The first kappa shape index (κ1) is 25.1. The number of amides is 1. The van der Waals surface area contributed by atoms with Crippen LogP contribution in [0.2, 0.25) is 0 Å². The monoisotopic (exact) mass is 445 g/mol. The summed E-state index contributed by atoms with van der Waals surface area (Å²) >= 11 is 0. The Hall–Kier alpha value is -2.15. The van der Waals surface area contributed by atoms with Gasteiger partial charge in [-0.05, 0) is 24.1 Å². The zero-order chi connectivity index (χ0) is 23.0. The third-order valence-electron chi connectivity index (χ3n) is 4.92. The van der Waals surface area contributed by atoms with Crippen molar-refractivity contribution in [2.24, 2.45) is 0 Å². The van der Waals surface area contributed by atoms with Crippen LogP contribution < -0.4 is 19.5 Å². The average molecular weight is 445 g/mol. The molecule has 5 N–H and O–H groups in total. The molecule has 1 amide bonds. The van der Waals surface area contributed by atoms with Gasteiger partial charge in [0.15, 0.2) is 17.8 Å². The maximum absolute atomic E-state index is 12.1. The summed E-state index contributed by atoms with van der Waals surface area (Å²) in [5.74, 6) is 1.27. The van der Waals surface area contributed by atoms with E-state index in [0.717, 1.165) is 5.56 Å². The number of carbonyl (C=O) groups excluding carboxylic acids is 1. The normalized spacial score (nSPS) is 25.7. The summed E-state index contributed by atoms with van der Waals surface area (Å²) in [4.78, 5) is 12.1. The Morgan fingerprint density at radius 1 is 1.03 bits per heavy atom. The zero-order valence-electron chi connectivity index (χ0n) is 17.8. The highest BCUT2D eigenvalue weighted by atomic mass is 16.7. The number of aliphatic hydroxyl groups excluding tert-OH is 4. The molecule has 1 aromatic carbocycles. The van der Waals surface area contributed by atoms with Gasteiger partial charge in [-0.1, -0.05) is 0 Å². The molecule has 0 radical (unpaired) electrons. The molecule has 1 saturated heterocycles. The first-order valence-corrected chi connectivity index (χ1v) is 9.83. The Kier molecular flexibility index (Phi) is 9.75. The second kappa shape index (κ2) is 12.0. The first-order chi connectivity index (χ1) is 14.9. The number of aryl methyl sites for hydroxylation is 1. The van der Waals surface area contributed by atoms with Gasteiger partial charge in [0.2, 0.25) is 11.7 Å². The maximum Gasteiger partial charge on any atom is 0.220 e. The molecule has 0 bridgehead atoms. The molecule has 31 heavy (non-hydrogen) atoms. The Morgan fingerprint density at radius 3 is 2.23 bits per heavy atom. The van der Waals surface area contributed by atoms with Crippen LogP contribution in [0.4, 0.5) is 0 Å². The number of ether oxygens (including phenoxy) is 5. The summed E-state index contributed by atoms with van der Waals surface area (Å²) in [5, 5.41) is 41.2. The minimum absolute atomic E-state index is 0.00138. The number of aliphatic hydroxyl groups is 4. The fraction of sp³-hybridized carbons (Fsp3) is 0.650. The summed E-state index contributed by atoms with van der Waals surface area (Å²) in [6, 6.07) is 3.55. The van der Waals surface area contributed by atoms with Crippen molar-refractivity contribution in [2.75, 3.05) is 41.1 Å². The molecule has 5 atom stereocenters. The molecule has 176 valence electrons. The number of hydrogen-bond acceptors (Lipinski definition) is 10. The highest BCUT2D eigenvalue weighted by molar-refractivity contribution is 5.76. The summed E-state index contributed by atoms with van der Waals surface area (Å²) in [6.07, 6.45) is -6.06. The predicted octanol–water partition coefficient (Wildman–Crippen LogP) is -1.42. The lowest BCUT2D eigenvalue weighted by Crippen LogP contribution is -2.59. The van der Waals surface area contributed by atoms with Gasteiger partial charge < -0.3 is 49.4 Å². The van der Waals surface area contributed by atoms with Crippen molar-refractivity contribution in [1.82, 2.24) is 5.32 Å². The molecule has 11 nitrogen and oxygen atoms in total. The van der Waals surface area contributed by atoms with Crippen molar-refractivity contribution < 1.29 is 48.9 Å². The van der Waals surface area contributed by atoms with Crippen LogP contribution in [-0.4, -0.2) is 98.1 Å². The highest BCUT2D eigenvalue weighted by Crippen LogP contribution is 2.38. The van der Waals surface area contributed by atoms with Crippen molar-refractivity contribution in [3.8, 4) is 17.2 Å². The number of methoxy groups -OCH3 is 3. The summed E-state index contributed by atoms with van der Waals surface area (Å²) in [7, 11) is 4.55. The van der Waals surface area contributed by atoms with Gasteiger partial charge in [-0.2, -0.15) is 0 Å². The summed E-state index contributed by atoms with van der Waals surface area (Å²) in [5.41, 5.74) is 0.835. The minimum Gasteiger partial charge on any atom is -0.493 e. The van der Waals surface area contributed by atoms with Gasteiger partial charge in [0.25, 0.3) is 0 Å². The van der Waals surface area contributed by atoms with Gasteiger partial charge in [0, 0.05) is 13.0 Å². The molecule has 0 unspecified atom stereocenters. The molecule has 0 saturated carbocycles. The van der Waals surface area contributed by atoms with E-state index in [1.54, 1.807) is 12.1 Å². The lowest BCUT2D eigenvalue weighted by atomic mass is 9.99. The Bertz CT molecular complexity index is 688. The Morgan fingerprint density at radius 2 is 1.68 bits per heavy atom. The van der Waals surface area contributed by atoms with E-state index in [4.69, 9.17) is 28.8 Å². The summed E-state index contributed by atoms with van der Waals surface area (Å²) in [6.45, 7) is -0.399. The van der Waals surface area contributed by atoms with Gasteiger partial charge in [-0.25, -0.2) is 0 Å². The third-order valence-corrected chi connectivity index (χ3v) is 4.92. The topological polar surface area (TPSA) is 156 Å². The molecule has 1 aliphatic heterocycles. The fourth-order valence-electron chi connectivity index (χ4n) is 3.20. The van der Waals surface area contributed by atoms with Crippen molar-refractivity contribution in [2.45, 2.75) is 43.5 Å². The lowest BCUT2D eigenvalue weighted by molar-refractivity contribution is -0.300. The van der Waals surface area contributed by atoms with E-state index in [2.05, 4.69) is 5.32 Å². The highest BCUT2D eigenvalue weighted by Gasteiger charge is 2.43. The van der Waals surface area contributed by atoms with Crippen LogP contribution in [-0.2, 0) is 20.7 Å². The molecular weight excluding hydrogens is 414 g/mol. The Labute approximate surface area is 180 Å². The zero-order valence-corrected chi connectivity index (χ0v) is 17.8. The number of hydrogen-bond donors (Lipinski definition) is 5. The number of rotatable bonds is 11. The van der Waals surface area contributed by atoms with E-state index >= 15 is 0 Å². The molecule has 0 aliphatic carbocycles.